The van der Waals surface area contributed by atoms with E-state index in [1.165, 1.54) is 0 Å². The second-order valence-corrected chi connectivity index (χ2v) is 1.86. The number of amides is 1. The van der Waals surface area contributed by atoms with Crippen molar-refractivity contribution in [2.24, 2.45) is 0 Å². The van der Waals surface area contributed by atoms with E-state index in [-0.39, 0.29) is 12.1 Å². The van der Waals surface area contributed by atoms with Gasteiger partial charge >= 0.3 is 0 Å². The number of rotatable bonds is 1. The van der Waals surface area contributed by atoms with Crippen LogP contribution in [0.5, 0.6) is 0 Å². The summed E-state index contributed by atoms with van der Waals surface area (Å²) in [5.74, 6) is 0.0179. The second kappa shape index (κ2) is 2.64. The normalized spacial score (nSPS) is 25.9. The van der Waals surface area contributed by atoms with E-state index in [0.717, 1.165) is 0 Å². The van der Waals surface area contributed by atoms with E-state index in [2.05, 4.69) is 5.32 Å². The molecule has 0 spiro atoms. The number of methoxy groups -OCH3 is 1. The van der Waals surface area contributed by atoms with Crippen molar-refractivity contribution >= 4 is 5.91 Å². The van der Waals surface area contributed by atoms with Crippen LogP contribution in [0.1, 0.15) is 6.42 Å². The van der Waals surface area contributed by atoms with Crippen LogP contribution in [-0.4, -0.2) is 19.2 Å². The van der Waals surface area contributed by atoms with Gasteiger partial charge in [-0.15, -0.1) is 0 Å². The second-order valence-electron chi connectivity index (χ2n) is 1.86. The molecule has 1 N–H and O–H groups in total. The van der Waals surface area contributed by atoms with Crippen LogP contribution in [0.4, 0.5) is 0 Å². The maximum atomic E-state index is 10.6. The van der Waals surface area contributed by atoms with Gasteiger partial charge in [0.2, 0.25) is 5.91 Å². The van der Waals surface area contributed by atoms with Crippen LogP contribution in [0.25, 0.3) is 0 Å². The van der Waals surface area contributed by atoms with Gasteiger partial charge in [-0.2, -0.15) is 0 Å². The largest absolute Gasteiger partial charge is 0.358 e. The van der Waals surface area contributed by atoms with Crippen molar-refractivity contribution in [3.63, 3.8) is 0 Å². The molecule has 0 bridgehead atoms. The average molecular weight is 127 g/mol. The van der Waals surface area contributed by atoms with Gasteiger partial charge in [0.25, 0.3) is 0 Å². The summed E-state index contributed by atoms with van der Waals surface area (Å²) in [5, 5.41) is 2.62. The zero-order valence-electron chi connectivity index (χ0n) is 5.26. The van der Waals surface area contributed by atoms with E-state index in [0.29, 0.717) is 6.42 Å². The first-order valence-electron chi connectivity index (χ1n) is 2.82. The highest BCUT2D eigenvalue weighted by Crippen LogP contribution is 1.97. The zero-order chi connectivity index (χ0) is 6.69. The van der Waals surface area contributed by atoms with Crippen LogP contribution in [0.15, 0.2) is 12.2 Å². The van der Waals surface area contributed by atoms with Crippen molar-refractivity contribution in [3.8, 4) is 0 Å². The van der Waals surface area contributed by atoms with Gasteiger partial charge in [-0.05, 0) is 6.08 Å². The van der Waals surface area contributed by atoms with Crippen molar-refractivity contribution in [2.45, 2.75) is 12.6 Å². The molecule has 1 aliphatic rings. The quantitative estimate of drug-likeness (QED) is 0.505. The van der Waals surface area contributed by atoms with Gasteiger partial charge in [0.05, 0.1) is 0 Å². The fourth-order valence-corrected chi connectivity index (χ4v) is 0.702. The summed E-state index contributed by atoms with van der Waals surface area (Å²) in [7, 11) is 1.56. The van der Waals surface area contributed by atoms with E-state index >= 15 is 0 Å². The Morgan fingerprint density at radius 1 is 1.89 bits per heavy atom. The molecule has 9 heavy (non-hydrogen) atoms. The number of hydrogen-bond acceptors (Lipinski definition) is 2. The van der Waals surface area contributed by atoms with E-state index < -0.39 is 0 Å². The molecular weight excluding hydrogens is 118 g/mol. The van der Waals surface area contributed by atoms with Gasteiger partial charge in [-0.3, -0.25) is 4.79 Å². The van der Waals surface area contributed by atoms with Crippen molar-refractivity contribution in [1.29, 1.82) is 0 Å². The first kappa shape index (κ1) is 6.29. The number of carbonyl (C=O) groups is 1. The number of nitrogens with one attached hydrogen (secondary N) is 1. The zero-order valence-corrected chi connectivity index (χ0v) is 5.26. The molecule has 0 radical (unpaired) electrons. The lowest BCUT2D eigenvalue weighted by Crippen LogP contribution is -2.36. The van der Waals surface area contributed by atoms with Crippen molar-refractivity contribution in [2.75, 3.05) is 7.11 Å². The maximum Gasteiger partial charge on any atom is 0.226 e. The highest BCUT2D eigenvalue weighted by Gasteiger charge is 2.10. The molecule has 1 atom stereocenters. The molecule has 1 heterocycles. The molecule has 0 fully saturated rings. The van der Waals surface area contributed by atoms with Gasteiger partial charge in [0.15, 0.2) is 0 Å². The Kier molecular flexibility index (Phi) is 1.85. The van der Waals surface area contributed by atoms with Crippen LogP contribution in [0.3, 0.4) is 0 Å². The Hall–Kier alpha value is -0.830. The van der Waals surface area contributed by atoms with Gasteiger partial charge in [0, 0.05) is 13.5 Å². The Balaban J connectivity index is 2.49. The molecule has 1 rings (SSSR count). The summed E-state index contributed by atoms with van der Waals surface area (Å²) >= 11 is 0. The minimum Gasteiger partial charge on any atom is -0.358 e. The molecule has 1 unspecified atom stereocenters. The molecule has 1 aliphatic heterocycles. The molecule has 3 nitrogen and oxygen atoms in total. The molecule has 0 aromatic rings. The van der Waals surface area contributed by atoms with Crippen LogP contribution in [-0.2, 0) is 9.53 Å². The number of carbonyl (C=O) groups excluding carboxylic acids is 1. The predicted molar refractivity (Wildman–Crippen MR) is 32.7 cm³/mol. The van der Waals surface area contributed by atoms with Crippen molar-refractivity contribution in [3.05, 3.63) is 12.2 Å². The molecular formula is C6H9NO2. The Morgan fingerprint density at radius 3 is 3.11 bits per heavy atom. The van der Waals surface area contributed by atoms with E-state index in [9.17, 15) is 4.79 Å². The maximum absolute atomic E-state index is 10.6. The first-order chi connectivity index (χ1) is 4.33. The van der Waals surface area contributed by atoms with Crippen molar-refractivity contribution in [1.82, 2.24) is 5.32 Å². The molecule has 0 aromatic carbocycles. The van der Waals surface area contributed by atoms with Crippen LogP contribution >= 0.6 is 0 Å². The van der Waals surface area contributed by atoms with Gasteiger partial charge in [-0.25, -0.2) is 0 Å². The topological polar surface area (TPSA) is 38.3 Å². The Labute approximate surface area is 53.7 Å². The summed E-state index contributed by atoms with van der Waals surface area (Å²) in [5.41, 5.74) is 0. The van der Waals surface area contributed by atoms with Crippen molar-refractivity contribution < 1.29 is 9.53 Å². The highest BCUT2D eigenvalue weighted by molar-refractivity contribution is 5.78. The molecule has 3 heteroatoms. The first-order valence-corrected chi connectivity index (χ1v) is 2.82. The average Bonchev–Trinajstić information content (AvgIpc) is 1.88. The predicted octanol–water partition coefficient (Wildman–Crippen LogP) is 0.0350. The van der Waals surface area contributed by atoms with Gasteiger partial charge < -0.3 is 10.1 Å². The van der Waals surface area contributed by atoms with Crippen LogP contribution < -0.4 is 5.32 Å². The highest BCUT2D eigenvalue weighted by atomic mass is 16.5. The summed E-state index contributed by atoms with van der Waals surface area (Å²) in [6.45, 7) is 0. The summed E-state index contributed by atoms with van der Waals surface area (Å²) < 4.78 is 4.84. The molecule has 0 saturated carbocycles. The van der Waals surface area contributed by atoms with E-state index in [1.807, 2.05) is 6.08 Å². The Bertz CT molecular complexity index is 142. The molecule has 1 amide bonds. The van der Waals surface area contributed by atoms with E-state index in [1.54, 1.807) is 13.2 Å². The smallest absolute Gasteiger partial charge is 0.226 e. The molecule has 0 aliphatic carbocycles. The SMILES string of the molecule is COC1C=CCC(=O)N1. The minimum absolute atomic E-state index is 0.0179. The third-order valence-corrected chi connectivity index (χ3v) is 1.17. The van der Waals surface area contributed by atoms with Crippen LogP contribution in [0, 0.1) is 0 Å². The standard InChI is InChI=1S/C6H9NO2/c1-9-6-4-2-3-5(8)7-6/h2,4,6H,3H2,1H3,(H,7,8). The van der Waals surface area contributed by atoms with E-state index in [4.69, 9.17) is 4.74 Å². The Morgan fingerprint density at radius 2 is 2.67 bits per heavy atom. The minimum atomic E-state index is -0.216. The fourth-order valence-electron chi connectivity index (χ4n) is 0.702. The fraction of sp³-hybridized carbons (Fsp3) is 0.500. The van der Waals surface area contributed by atoms with Crippen LogP contribution in [0.2, 0.25) is 0 Å². The lowest BCUT2D eigenvalue weighted by atomic mass is 10.3. The third kappa shape index (κ3) is 1.54. The summed E-state index contributed by atoms with van der Waals surface area (Å²) in [4.78, 5) is 10.6. The summed E-state index contributed by atoms with van der Waals surface area (Å²) in [6, 6.07) is 0. The third-order valence-electron chi connectivity index (χ3n) is 1.17. The van der Waals surface area contributed by atoms with Gasteiger partial charge in [0.1, 0.15) is 6.23 Å². The monoisotopic (exact) mass is 127 g/mol. The van der Waals surface area contributed by atoms with Gasteiger partial charge in [-0.1, -0.05) is 6.08 Å². The number of ether oxygens (including phenoxy) is 1. The molecule has 50 valence electrons. The molecule has 0 saturated heterocycles. The lowest BCUT2D eigenvalue weighted by molar-refractivity contribution is -0.123. The number of hydrogen-bond donors (Lipinski definition) is 1. The lowest BCUT2D eigenvalue weighted by Gasteiger charge is -2.15. The summed E-state index contributed by atoms with van der Waals surface area (Å²) in [6.07, 6.45) is 3.88. The molecule has 0 aromatic heterocycles.